The molecule has 3 aromatic carbocycles. The van der Waals surface area contributed by atoms with Crippen LogP contribution in [0.4, 0.5) is 10.1 Å². The van der Waals surface area contributed by atoms with Gasteiger partial charge in [0, 0.05) is 101 Å². The van der Waals surface area contributed by atoms with E-state index in [-0.39, 0.29) is 87.1 Å². The summed E-state index contributed by atoms with van der Waals surface area (Å²) < 4.78 is 31.7. The minimum Gasteiger partial charge on any atom is -0.507 e. The van der Waals surface area contributed by atoms with Crippen LogP contribution in [0.2, 0.25) is 0 Å². The summed E-state index contributed by atoms with van der Waals surface area (Å²) in [4.78, 5) is 71.3. The van der Waals surface area contributed by atoms with Gasteiger partial charge in [-0.25, -0.2) is 9.38 Å². The molecule has 17 nitrogen and oxygen atoms in total. The summed E-state index contributed by atoms with van der Waals surface area (Å²) in [6.07, 6.45) is 6.26. The van der Waals surface area contributed by atoms with E-state index in [1.807, 2.05) is 0 Å². The molecule has 6 aliphatic rings. The number of aromatic hydroxyl groups is 2. The van der Waals surface area contributed by atoms with Gasteiger partial charge in [-0.1, -0.05) is 51.1 Å². The number of nitrogens with zero attached hydrogens (tertiary/aromatic N) is 5. The van der Waals surface area contributed by atoms with Gasteiger partial charge in [-0.3, -0.25) is 29.1 Å². The first kappa shape index (κ1) is 53.1. The fourth-order valence-corrected chi connectivity index (χ4v) is 10.4. The Labute approximate surface area is 424 Å². The Morgan fingerprint density at radius 1 is 0.959 bits per heavy atom. The van der Waals surface area contributed by atoms with Gasteiger partial charge in [-0.05, 0) is 69.2 Å². The summed E-state index contributed by atoms with van der Waals surface area (Å²) in [5.74, 6) is -5.61. The first-order chi connectivity index (χ1) is 34.7. The second-order valence-corrected chi connectivity index (χ2v) is 20.9. The fourth-order valence-electron chi connectivity index (χ4n) is 10.4. The molecule has 0 aliphatic carbocycles. The van der Waals surface area contributed by atoms with Gasteiger partial charge in [-0.15, -0.1) is 0 Å². The number of nitrogens with one attached hydrogen (secondary N) is 1. The lowest BCUT2D eigenvalue weighted by molar-refractivity contribution is -0.154. The van der Waals surface area contributed by atoms with E-state index in [4.69, 9.17) is 19.2 Å². The summed E-state index contributed by atoms with van der Waals surface area (Å²) >= 11 is 0. The second-order valence-electron chi connectivity index (χ2n) is 20.9. The lowest BCUT2D eigenvalue weighted by atomic mass is 9.92. The van der Waals surface area contributed by atoms with Crippen LogP contribution in [-0.2, 0) is 30.4 Å². The highest BCUT2D eigenvalue weighted by molar-refractivity contribution is 6.21. The molecule has 9 rings (SSSR count). The number of piperidine rings is 1. The van der Waals surface area contributed by atoms with Crippen molar-refractivity contribution >= 4 is 40.0 Å². The van der Waals surface area contributed by atoms with E-state index in [0.717, 1.165) is 18.7 Å². The zero-order valence-electron chi connectivity index (χ0n) is 42.7. The maximum Gasteiger partial charge on any atom is 0.315 e. The lowest BCUT2D eigenvalue weighted by Crippen LogP contribution is -2.47. The van der Waals surface area contributed by atoms with E-state index < -0.39 is 65.5 Å². The highest BCUT2D eigenvalue weighted by Crippen LogP contribution is 2.51. The molecule has 0 aromatic heterocycles. The highest BCUT2D eigenvalue weighted by atomic mass is 19.1. The minimum atomic E-state index is -1.94. The van der Waals surface area contributed by atoms with Crippen LogP contribution in [0.3, 0.4) is 0 Å². The van der Waals surface area contributed by atoms with Gasteiger partial charge < -0.3 is 49.8 Å². The van der Waals surface area contributed by atoms with E-state index in [0.29, 0.717) is 70.1 Å². The molecule has 0 saturated carbocycles. The molecule has 73 heavy (non-hydrogen) atoms. The summed E-state index contributed by atoms with van der Waals surface area (Å²) in [7, 11) is 0. The van der Waals surface area contributed by atoms with Crippen molar-refractivity contribution in [2.45, 2.75) is 129 Å². The molecule has 5 atom stereocenters. The lowest BCUT2D eigenvalue weighted by Gasteiger charge is -2.38. The molecular weight excluding hydrogens is 940 g/mol. The number of rotatable bonds is 7. The molecule has 3 aromatic rings. The Hall–Kier alpha value is -6.21. The normalized spacial score (nSPS) is 26.8. The topological polar surface area (TPSA) is 223 Å². The van der Waals surface area contributed by atoms with Gasteiger partial charge in [0.2, 0.25) is 5.91 Å². The number of halogens is 1. The van der Waals surface area contributed by atoms with Crippen molar-refractivity contribution in [3.8, 4) is 17.2 Å². The van der Waals surface area contributed by atoms with Crippen LogP contribution in [0, 0.1) is 24.6 Å². The maximum atomic E-state index is 14.7. The number of likely N-dealkylation sites (tertiary alicyclic amines) is 1. The van der Waals surface area contributed by atoms with Gasteiger partial charge >= 0.3 is 11.8 Å². The molecule has 6 aliphatic heterocycles. The van der Waals surface area contributed by atoms with Crippen LogP contribution in [0.15, 0.2) is 70.4 Å². The number of allylic oxidation sites excluding steroid dienone is 3. The van der Waals surface area contributed by atoms with Gasteiger partial charge in [0.25, 0.3) is 11.7 Å². The van der Waals surface area contributed by atoms with Gasteiger partial charge in [0.1, 0.15) is 46.2 Å². The number of phenolic OH excluding ortho intramolecular Hbond substituents is 2. The van der Waals surface area contributed by atoms with Crippen LogP contribution < -0.4 is 20.8 Å². The van der Waals surface area contributed by atoms with Gasteiger partial charge in [0.15, 0.2) is 5.75 Å². The SMILES string of the molecule is C/C1=C/C=C/C(C)[C@H](O)CC(O)C[C@H](OC(=O)CC(=O)N2CCCN(Cc3ccc(F)cc3)CC2)CC/C=C/O[C@@]2(C)Oc3c(C)c(O)c4c(O)c(c5c(c4c3C2=O)NC2(CCN(CC(C)C)CC2)N=5)=NC1=O. The molecule has 5 bridgehead atoms. The van der Waals surface area contributed by atoms with E-state index in [2.05, 4.69) is 34.0 Å². The summed E-state index contributed by atoms with van der Waals surface area (Å²) in [5, 5.41) is 50.1. The summed E-state index contributed by atoms with van der Waals surface area (Å²) in [5.41, 5.74) is 0.793. The van der Waals surface area contributed by atoms with Crippen LogP contribution in [0.1, 0.15) is 107 Å². The third kappa shape index (κ3) is 11.8. The predicted octanol–water partition coefficient (Wildman–Crippen LogP) is 5.63. The molecular formula is C55H69FN6O11. The van der Waals surface area contributed by atoms with Crippen molar-refractivity contribution in [2.75, 3.05) is 51.1 Å². The third-order valence-electron chi connectivity index (χ3n) is 14.6. The number of Topliss-reactive ketones (excluding diaryl/α,β-unsaturated/α-hetero) is 1. The van der Waals surface area contributed by atoms with Crippen LogP contribution in [-0.4, -0.2) is 134 Å². The molecule has 2 unspecified atom stereocenters. The number of benzene rings is 3. The molecule has 2 saturated heterocycles. The number of anilines is 1. The Morgan fingerprint density at radius 3 is 2.42 bits per heavy atom. The Morgan fingerprint density at radius 2 is 1.70 bits per heavy atom. The van der Waals surface area contributed by atoms with E-state index in [1.165, 1.54) is 31.4 Å². The van der Waals surface area contributed by atoms with E-state index >= 15 is 0 Å². The molecule has 2 fully saturated rings. The monoisotopic (exact) mass is 1010 g/mol. The summed E-state index contributed by atoms with van der Waals surface area (Å²) in [6.45, 7) is 15.7. The molecule has 0 radical (unpaired) electrons. The zero-order chi connectivity index (χ0) is 52.4. The predicted molar refractivity (Wildman–Crippen MR) is 270 cm³/mol. The van der Waals surface area contributed by atoms with Crippen LogP contribution >= 0.6 is 0 Å². The van der Waals surface area contributed by atoms with Crippen LogP contribution in [0.25, 0.3) is 10.8 Å². The number of esters is 1. The number of aliphatic hydroxyl groups excluding tert-OH is 2. The Kier molecular flexibility index (Phi) is 16.1. The maximum absolute atomic E-state index is 14.7. The molecule has 2 amide bonds. The Balaban J connectivity index is 1.06. The molecule has 18 heteroatoms. The number of phenols is 2. The number of carbonyl (C=O) groups is 4. The smallest absolute Gasteiger partial charge is 0.315 e. The number of fused-ring (bicyclic) bond motifs is 13. The quantitative estimate of drug-likeness (QED) is 0.110. The van der Waals surface area contributed by atoms with Crippen molar-refractivity contribution in [1.29, 1.82) is 0 Å². The fraction of sp³-hybridized carbons (Fsp3) is 0.527. The zero-order valence-corrected chi connectivity index (χ0v) is 42.7. The van der Waals surface area contributed by atoms with Crippen LogP contribution in [0.5, 0.6) is 17.2 Å². The number of hydrogen-bond donors (Lipinski definition) is 5. The van der Waals surface area contributed by atoms with Crippen molar-refractivity contribution in [1.82, 2.24) is 14.7 Å². The number of amides is 2. The average Bonchev–Trinajstić information content (AvgIpc) is 3.71. The van der Waals surface area contributed by atoms with Crippen molar-refractivity contribution in [3.05, 3.63) is 93.6 Å². The highest BCUT2D eigenvalue weighted by Gasteiger charge is 2.50. The number of ketones is 1. The van der Waals surface area contributed by atoms with E-state index in [1.54, 1.807) is 56.0 Å². The molecule has 392 valence electrons. The third-order valence-corrected chi connectivity index (χ3v) is 14.6. The Bertz CT molecular complexity index is 2840. The molecule has 1 spiro atoms. The van der Waals surface area contributed by atoms with Gasteiger partial charge in [0.05, 0.1) is 35.1 Å². The van der Waals surface area contributed by atoms with Crippen molar-refractivity contribution in [3.63, 3.8) is 0 Å². The standard InChI is InChI=1S/C55H69FN6O11/c1-32(2)30-61-22-18-55(19-23-61)58-46-43-44-49(67)35(5)51-45(43)52(69)54(6,73-51)71-26-8-7-13-39(72-42(66)29-41(65)62-21-10-20-60(24-25-62)31-36-14-16-37(56)17-15-36)27-38(63)28-40(64)33(3)11-9-12-34(4)53(70)57-48(50(44)68)47(46)59-55/h8-9,11-12,14-17,26,32-33,38-40,58,63-64,67-68H,7,10,13,18-25,27-31H2,1-6H3/b11-9+,26-8+,34-12-,57-48?/t33?,38?,39-,40-,54+/m1/s1. The average molecular weight is 1010 g/mol. The molecule has 6 heterocycles. The number of carbonyl (C=O) groups excluding carboxylic acids is 4. The molecule has 5 N–H and O–H groups in total. The first-order valence-corrected chi connectivity index (χ1v) is 25.5. The largest absolute Gasteiger partial charge is 0.507 e. The number of hydrogen-bond acceptors (Lipinski definition) is 15. The van der Waals surface area contributed by atoms with Gasteiger partial charge in [-0.2, -0.15) is 0 Å². The number of ether oxygens (including phenoxy) is 3. The minimum absolute atomic E-state index is 0.0487. The van der Waals surface area contributed by atoms with Crippen molar-refractivity contribution in [2.24, 2.45) is 21.8 Å². The first-order valence-electron chi connectivity index (χ1n) is 25.5. The number of aliphatic hydroxyl groups is 2. The summed E-state index contributed by atoms with van der Waals surface area (Å²) in [6, 6.07) is 6.32. The van der Waals surface area contributed by atoms with Crippen molar-refractivity contribution < 1.29 is 58.2 Å². The van der Waals surface area contributed by atoms with E-state index in [9.17, 15) is 44.0 Å². The second kappa shape index (κ2) is 22.1.